The van der Waals surface area contributed by atoms with Gasteiger partial charge in [-0.3, -0.25) is 14.5 Å². The minimum Gasteiger partial charge on any atom is -0.371 e. The van der Waals surface area contributed by atoms with Gasteiger partial charge in [-0.15, -0.1) is 0 Å². The Bertz CT molecular complexity index is 919. The van der Waals surface area contributed by atoms with Crippen LogP contribution < -0.4 is 4.90 Å². The molecule has 1 amide bonds. The van der Waals surface area contributed by atoms with Crippen LogP contribution in [0.5, 0.6) is 0 Å². The molecule has 31 heavy (non-hydrogen) atoms. The number of hydrogen-bond acceptors (Lipinski definition) is 4. The van der Waals surface area contributed by atoms with Crippen LogP contribution in [0.2, 0.25) is 0 Å². The number of amides is 1. The third kappa shape index (κ3) is 5.10. The Balaban J connectivity index is 1.25. The Labute approximate surface area is 181 Å². The third-order valence-corrected chi connectivity index (χ3v) is 6.32. The van der Waals surface area contributed by atoms with Crippen molar-refractivity contribution < 1.29 is 18.4 Å². The molecule has 0 N–H and O–H groups in total. The largest absolute Gasteiger partial charge is 0.371 e. The summed E-state index contributed by atoms with van der Waals surface area (Å²) in [5.41, 5.74) is 2.09. The molecule has 2 fully saturated rings. The summed E-state index contributed by atoms with van der Waals surface area (Å²) in [4.78, 5) is 30.0. The van der Waals surface area contributed by atoms with E-state index in [-0.39, 0.29) is 11.8 Å². The zero-order valence-electron chi connectivity index (χ0n) is 17.5. The fourth-order valence-corrected chi connectivity index (χ4v) is 4.44. The number of hydrogen-bond donors (Lipinski definition) is 0. The normalized spacial score (nSPS) is 18.3. The summed E-state index contributed by atoms with van der Waals surface area (Å²) < 4.78 is 27.3. The minimum atomic E-state index is -0.434. The van der Waals surface area contributed by atoms with Crippen molar-refractivity contribution in [2.24, 2.45) is 5.92 Å². The first kappa shape index (κ1) is 21.4. The maximum absolute atomic E-state index is 13.9. The van der Waals surface area contributed by atoms with Crippen LogP contribution in [0, 0.1) is 17.6 Å². The fourth-order valence-electron chi connectivity index (χ4n) is 4.44. The maximum atomic E-state index is 13.9. The third-order valence-electron chi connectivity index (χ3n) is 6.32. The first-order valence-corrected chi connectivity index (χ1v) is 10.8. The van der Waals surface area contributed by atoms with Crippen LogP contribution in [-0.4, -0.2) is 61.3 Å². The number of halogens is 2. The number of carbonyl (C=O) groups excluding carboxylic acids is 2. The average molecular weight is 427 g/mol. The van der Waals surface area contributed by atoms with Gasteiger partial charge < -0.3 is 9.80 Å². The number of benzene rings is 2. The fraction of sp³-hybridized carbons (Fsp3) is 0.417. The predicted octanol–water partition coefficient (Wildman–Crippen LogP) is 3.34. The topological polar surface area (TPSA) is 43.9 Å². The lowest BCUT2D eigenvalue weighted by Crippen LogP contribution is -2.51. The van der Waals surface area contributed by atoms with E-state index in [4.69, 9.17) is 0 Å². The molecule has 0 radical (unpaired) electrons. The van der Waals surface area contributed by atoms with Gasteiger partial charge in [-0.05, 0) is 55.3 Å². The second-order valence-electron chi connectivity index (χ2n) is 8.31. The van der Waals surface area contributed by atoms with Crippen LogP contribution in [0.25, 0.3) is 0 Å². The number of piperidine rings is 1. The monoisotopic (exact) mass is 427 g/mol. The molecule has 0 aromatic heterocycles. The van der Waals surface area contributed by atoms with Crippen LogP contribution in [0.1, 0.15) is 28.8 Å². The first-order valence-electron chi connectivity index (χ1n) is 10.8. The molecular formula is C24H27F2N3O2. The summed E-state index contributed by atoms with van der Waals surface area (Å²) in [5, 5.41) is 0. The summed E-state index contributed by atoms with van der Waals surface area (Å²) in [6.07, 6.45) is 2.45. The summed E-state index contributed by atoms with van der Waals surface area (Å²) in [6.45, 7) is 4.53. The van der Waals surface area contributed by atoms with E-state index in [1.54, 1.807) is 0 Å². The molecule has 0 unspecified atom stereocenters. The van der Waals surface area contributed by atoms with Crippen molar-refractivity contribution in [3.8, 4) is 0 Å². The molecule has 0 spiro atoms. The lowest BCUT2D eigenvalue weighted by Gasteiger charge is -2.39. The predicted molar refractivity (Wildman–Crippen MR) is 115 cm³/mol. The van der Waals surface area contributed by atoms with E-state index < -0.39 is 11.6 Å². The second-order valence-corrected chi connectivity index (χ2v) is 8.31. The molecule has 5 nitrogen and oxygen atoms in total. The van der Waals surface area contributed by atoms with Gasteiger partial charge in [-0.1, -0.05) is 0 Å². The molecular weight excluding hydrogens is 400 g/mol. The van der Waals surface area contributed by atoms with Gasteiger partial charge in [0, 0.05) is 68.5 Å². The zero-order valence-corrected chi connectivity index (χ0v) is 17.5. The van der Waals surface area contributed by atoms with Crippen molar-refractivity contribution in [3.05, 3.63) is 65.2 Å². The van der Waals surface area contributed by atoms with Crippen molar-refractivity contribution in [1.82, 2.24) is 9.80 Å². The molecule has 0 bridgehead atoms. The number of nitrogens with zero attached hydrogens (tertiary/aromatic N) is 3. The van der Waals surface area contributed by atoms with Crippen LogP contribution in [-0.2, 0) is 11.3 Å². The highest BCUT2D eigenvalue weighted by Crippen LogP contribution is 2.25. The van der Waals surface area contributed by atoms with Gasteiger partial charge in [0.15, 0.2) is 0 Å². The molecule has 2 heterocycles. The van der Waals surface area contributed by atoms with Gasteiger partial charge in [0.25, 0.3) is 0 Å². The summed E-state index contributed by atoms with van der Waals surface area (Å²) in [7, 11) is 0. The van der Waals surface area contributed by atoms with Crippen LogP contribution in [0.4, 0.5) is 14.5 Å². The van der Waals surface area contributed by atoms with Crippen molar-refractivity contribution in [1.29, 1.82) is 0 Å². The first-order chi connectivity index (χ1) is 15.0. The number of piperazine rings is 1. The van der Waals surface area contributed by atoms with Crippen LogP contribution in [0.15, 0.2) is 42.5 Å². The lowest BCUT2D eigenvalue weighted by molar-refractivity contribution is -0.138. The minimum absolute atomic E-state index is 0.0257. The molecule has 4 rings (SSSR count). The molecule has 2 aromatic rings. The molecule has 2 aliphatic heterocycles. The van der Waals surface area contributed by atoms with E-state index >= 15 is 0 Å². The van der Waals surface area contributed by atoms with E-state index in [9.17, 15) is 18.4 Å². The summed E-state index contributed by atoms with van der Waals surface area (Å²) >= 11 is 0. The quantitative estimate of drug-likeness (QED) is 0.687. The maximum Gasteiger partial charge on any atom is 0.225 e. The van der Waals surface area contributed by atoms with E-state index in [1.807, 2.05) is 29.2 Å². The smallest absolute Gasteiger partial charge is 0.225 e. The molecule has 0 atom stereocenters. The number of carbonyl (C=O) groups is 2. The van der Waals surface area contributed by atoms with E-state index in [2.05, 4.69) is 9.80 Å². The van der Waals surface area contributed by atoms with Gasteiger partial charge in [0.1, 0.15) is 17.9 Å². The van der Waals surface area contributed by atoms with Gasteiger partial charge in [-0.2, -0.15) is 0 Å². The SMILES string of the molecule is O=Cc1ccc(N2CCC(C(=O)N3CCN(Cc4cc(F)ccc4F)CC3)CC2)cc1. The van der Waals surface area contributed by atoms with E-state index in [1.165, 1.54) is 6.07 Å². The summed E-state index contributed by atoms with van der Waals surface area (Å²) in [6, 6.07) is 11.1. The van der Waals surface area contributed by atoms with Crippen molar-refractivity contribution in [2.45, 2.75) is 19.4 Å². The summed E-state index contributed by atoms with van der Waals surface area (Å²) in [5.74, 6) is -0.603. The van der Waals surface area contributed by atoms with Gasteiger partial charge in [0.2, 0.25) is 5.91 Å². The number of anilines is 1. The Morgan fingerprint density at radius 3 is 2.26 bits per heavy atom. The Kier molecular flexibility index (Phi) is 6.61. The molecule has 2 saturated heterocycles. The van der Waals surface area contributed by atoms with Crippen LogP contribution >= 0.6 is 0 Å². The molecule has 2 aliphatic rings. The number of aldehydes is 1. The molecule has 164 valence electrons. The van der Waals surface area contributed by atoms with Crippen LogP contribution in [0.3, 0.4) is 0 Å². The standard InChI is InChI=1S/C24H27F2N3O2/c25-21-3-6-23(26)20(15-21)16-27-11-13-29(14-12-27)24(31)19-7-9-28(10-8-19)22-4-1-18(17-30)2-5-22/h1-6,15,17,19H,7-14,16H2. The van der Waals surface area contributed by atoms with Crippen molar-refractivity contribution in [3.63, 3.8) is 0 Å². The highest BCUT2D eigenvalue weighted by atomic mass is 19.1. The second kappa shape index (κ2) is 9.56. The Hall–Kier alpha value is -2.80. The Morgan fingerprint density at radius 1 is 0.935 bits per heavy atom. The van der Waals surface area contributed by atoms with Gasteiger partial charge >= 0.3 is 0 Å². The average Bonchev–Trinajstić information content (AvgIpc) is 2.82. The van der Waals surface area contributed by atoms with Gasteiger partial charge in [-0.25, -0.2) is 8.78 Å². The Morgan fingerprint density at radius 2 is 1.61 bits per heavy atom. The van der Waals surface area contributed by atoms with Crippen molar-refractivity contribution >= 4 is 17.9 Å². The molecule has 0 aliphatic carbocycles. The molecule has 7 heteroatoms. The highest BCUT2D eigenvalue weighted by Gasteiger charge is 2.30. The van der Waals surface area contributed by atoms with Gasteiger partial charge in [0.05, 0.1) is 0 Å². The highest BCUT2D eigenvalue weighted by molar-refractivity contribution is 5.79. The van der Waals surface area contributed by atoms with E-state index in [0.29, 0.717) is 43.9 Å². The number of rotatable bonds is 5. The van der Waals surface area contributed by atoms with Crippen molar-refractivity contribution in [2.75, 3.05) is 44.2 Å². The molecule has 0 saturated carbocycles. The lowest BCUT2D eigenvalue weighted by atomic mass is 9.94. The van der Waals surface area contributed by atoms with E-state index in [0.717, 1.165) is 50.0 Å². The zero-order chi connectivity index (χ0) is 21.8. The molecule has 2 aromatic carbocycles.